The molecule has 1 N–H and O–H groups in total. The van der Waals surface area contributed by atoms with E-state index in [4.69, 9.17) is 9.15 Å². The van der Waals surface area contributed by atoms with Gasteiger partial charge in [0, 0.05) is 31.6 Å². The van der Waals surface area contributed by atoms with Crippen LogP contribution < -0.4 is 0 Å². The second kappa shape index (κ2) is 6.07. The van der Waals surface area contributed by atoms with Gasteiger partial charge in [0.25, 0.3) is 0 Å². The monoisotopic (exact) mass is 314 g/mol. The number of aromatic nitrogens is 1. The van der Waals surface area contributed by atoms with Crippen molar-refractivity contribution in [3.63, 3.8) is 0 Å². The molecule has 1 spiro atoms. The van der Waals surface area contributed by atoms with Crippen LogP contribution in [0.15, 0.2) is 41.0 Å². The average molecular weight is 314 g/mol. The molecule has 0 amide bonds. The summed E-state index contributed by atoms with van der Waals surface area (Å²) in [6.07, 6.45) is 4.21. The van der Waals surface area contributed by atoms with E-state index < -0.39 is 0 Å². The third-order valence-electron chi connectivity index (χ3n) is 4.91. The van der Waals surface area contributed by atoms with E-state index in [0.29, 0.717) is 12.5 Å². The van der Waals surface area contributed by atoms with Crippen LogP contribution in [-0.2, 0) is 11.3 Å². The molecular weight excluding hydrogens is 292 g/mol. The van der Waals surface area contributed by atoms with E-state index in [1.807, 2.05) is 30.3 Å². The lowest BCUT2D eigenvalue weighted by molar-refractivity contribution is -0.0458. The average Bonchev–Trinajstić information content (AvgIpc) is 3.18. The summed E-state index contributed by atoms with van der Waals surface area (Å²) >= 11 is 0. The van der Waals surface area contributed by atoms with Crippen LogP contribution in [0.2, 0.25) is 0 Å². The van der Waals surface area contributed by atoms with Gasteiger partial charge < -0.3 is 14.3 Å². The van der Waals surface area contributed by atoms with Gasteiger partial charge in [-0.1, -0.05) is 18.2 Å². The van der Waals surface area contributed by atoms with Crippen LogP contribution in [0.1, 0.15) is 25.0 Å². The van der Waals surface area contributed by atoms with Crippen LogP contribution in [0.3, 0.4) is 0 Å². The third kappa shape index (κ3) is 3.17. The Morgan fingerprint density at radius 3 is 2.70 bits per heavy atom. The molecule has 4 rings (SSSR count). The first-order valence-corrected chi connectivity index (χ1v) is 8.27. The van der Waals surface area contributed by atoms with Crippen LogP contribution in [0.5, 0.6) is 0 Å². The fourth-order valence-electron chi connectivity index (χ4n) is 3.61. The van der Waals surface area contributed by atoms with E-state index >= 15 is 0 Å². The Hall–Kier alpha value is -1.69. The highest BCUT2D eigenvalue weighted by Gasteiger charge is 2.42. The highest BCUT2D eigenvalue weighted by Crippen LogP contribution is 2.36. The molecule has 1 atom stereocenters. The number of likely N-dealkylation sites (tertiary alicyclic amines) is 1. The van der Waals surface area contributed by atoms with Gasteiger partial charge in [0.15, 0.2) is 0 Å². The van der Waals surface area contributed by atoms with E-state index in [0.717, 1.165) is 50.2 Å². The molecule has 23 heavy (non-hydrogen) atoms. The molecule has 0 aliphatic carbocycles. The zero-order valence-electron chi connectivity index (χ0n) is 13.1. The largest absolute Gasteiger partial charge is 0.444 e. The molecule has 5 heteroatoms. The van der Waals surface area contributed by atoms with E-state index in [9.17, 15) is 5.11 Å². The predicted molar refractivity (Wildman–Crippen MR) is 85.8 cm³/mol. The van der Waals surface area contributed by atoms with E-state index in [1.54, 1.807) is 6.26 Å². The maximum atomic E-state index is 9.70. The number of aliphatic hydroxyl groups is 1. The summed E-state index contributed by atoms with van der Waals surface area (Å²) in [5.74, 6) is 0.677. The maximum absolute atomic E-state index is 9.70. The van der Waals surface area contributed by atoms with E-state index in [-0.39, 0.29) is 11.7 Å². The Morgan fingerprint density at radius 2 is 2.00 bits per heavy atom. The van der Waals surface area contributed by atoms with Gasteiger partial charge in [-0.25, -0.2) is 4.98 Å². The summed E-state index contributed by atoms with van der Waals surface area (Å²) in [7, 11) is 0. The van der Waals surface area contributed by atoms with Crippen molar-refractivity contribution in [1.82, 2.24) is 9.88 Å². The number of ether oxygens (including phenoxy) is 1. The molecule has 5 nitrogen and oxygen atoms in total. The molecule has 2 aliphatic heterocycles. The van der Waals surface area contributed by atoms with E-state index in [1.165, 1.54) is 0 Å². The van der Waals surface area contributed by atoms with Gasteiger partial charge in [-0.15, -0.1) is 0 Å². The molecule has 2 saturated heterocycles. The topological polar surface area (TPSA) is 58.7 Å². The van der Waals surface area contributed by atoms with Gasteiger partial charge in [0.05, 0.1) is 24.0 Å². The van der Waals surface area contributed by atoms with Crippen molar-refractivity contribution < 1.29 is 14.3 Å². The molecule has 0 bridgehead atoms. The van der Waals surface area contributed by atoms with Crippen LogP contribution in [0, 0.1) is 0 Å². The molecule has 0 radical (unpaired) electrons. The van der Waals surface area contributed by atoms with Crippen molar-refractivity contribution in [2.45, 2.75) is 37.5 Å². The summed E-state index contributed by atoms with van der Waals surface area (Å²) in [6, 6.07) is 9.96. The lowest BCUT2D eigenvalue weighted by Crippen LogP contribution is -2.43. The van der Waals surface area contributed by atoms with E-state index in [2.05, 4.69) is 9.88 Å². The highest BCUT2D eigenvalue weighted by atomic mass is 16.5. The standard InChI is InChI=1S/C18H22N2O3/c21-16-10-18(23-13-16)6-8-20(9-7-18)11-15-12-22-17(19-15)14-4-2-1-3-5-14/h1-5,12,16,21H,6-11,13H2/t16-/m1/s1. The highest BCUT2D eigenvalue weighted by molar-refractivity contribution is 5.52. The summed E-state index contributed by atoms with van der Waals surface area (Å²) in [5.41, 5.74) is 1.88. The molecule has 2 aliphatic rings. The van der Waals surface area contributed by atoms with Crippen LogP contribution in [-0.4, -0.2) is 46.4 Å². The molecular formula is C18H22N2O3. The first-order valence-electron chi connectivity index (χ1n) is 8.27. The third-order valence-corrected chi connectivity index (χ3v) is 4.91. The summed E-state index contributed by atoms with van der Waals surface area (Å²) in [5, 5.41) is 9.70. The first-order chi connectivity index (χ1) is 11.2. The van der Waals surface area contributed by atoms with Crippen molar-refractivity contribution in [1.29, 1.82) is 0 Å². The Kier molecular flexibility index (Phi) is 3.93. The summed E-state index contributed by atoms with van der Waals surface area (Å²) in [6.45, 7) is 3.24. The van der Waals surface area contributed by atoms with Crippen molar-refractivity contribution in [2.24, 2.45) is 0 Å². The van der Waals surface area contributed by atoms with Gasteiger partial charge in [0.2, 0.25) is 5.89 Å². The second-order valence-corrected chi connectivity index (χ2v) is 6.64. The minimum Gasteiger partial charge on any atom is -0.444 e. The van der Waals surface area contributed by atoms with Crippen molar-refractivity contribution >= 4 is 0 Å². The molecule has 0 saturated carbocycles. The lowest BCUT2D eigenvalue weighted by atomic mass is 9.88. The fourth-order valence-corrected chi connectivity index (χ4v) is 3.61. The molecule has 2 fully saturated rings. The van der Waals surface area contributed by atoms with Crippen LogP contribution in [0.25, 0.3) is 11.5 Å². The number of oxazole rings is 1. The molecule has 1 aromatic heterocycles. The maximum Gasteiger partial charge on any atom is 0.226 e. The molecule has 1 aromatic carbocycles. The zero-order chi connectivity index (χ0) is 15.7. The minimum absolute atomic E-state index is 0.0884. The molecule has 3 heterocycles. The van der Waals surface area contributed by atoms with Crippen LogP contribution >= 0.6 is 0 Å². The van der Waals surface area contributed by atoms with Gasteiger partial charge in [-0.05, 0) is 25.0 Å². The van der Waals surface area contributed by atoms with Gasteiger partial charge in [-0.2, -0.15) is 0 Å². The van der Waals surface area contributed by atoms with Gasteiger partial charge in [0.1, 0.15) is 6.26 Å². The molecule has 122 valence electrons. The SMILES string of the molecule is O[C@H]1COC2(CCN(Cc3coc(-c4ccccc4)n3)CC2)C1. The number of benzene rings is 1. The zero-order valence-corrected chi connectivity index (χ0v) is 13.1. The number of hydrogen-bond donors (Lipinski definition) is 1. The number of hydrogen-bond acceptors (Lipinski definition) is 5. The Morgan fingerprint density at radius 1 is 1.22 bits per heavy atom. The predicted octanol–water partition coefficient (Wildman–Crippen LogP) is 2.46. The Balaban J connectivity index is 1.36. The Bertz CT molecular complexity index is 647. The van der Waals surface area contributed by atoms with Crippen molar-refractivity contribution in [2.75, 3.05) is 19.7 Å². The smallest absolute Gasteiger partial charge is 0.226 e. The quantitative estimate of drug-likeness (QED) is 0.943. The first kappa shape index (κ1) is 14.9. The molecule has 2 aromatic rings. The van der Waals surface area contributed by atoms with Gasteiger partial charge >= 0.3 is 0 Å². The van der Waals surface area contributed by atoms with Crippen LogP contribution in [0.4, 0.5) is 0 Å². The number of rotatable bonds is 3. The summed E-state index contributed by atoms with van der Waals surface area (Å²) < 4.78 is 11.4. The molecule has 0 unspecified atom stereocenters. The van der Waals surface area contributed by atoms with Crippen molar-refractivity contribution in [3.05, 3.63) is 42.3 Å². The number of nitrogens with zero attached hydrogens (tertiary/aromatic N) is 2. The van der Waals surface area contributed by atoms with Crippen molar-refractivity contribution in [3.8, 4) is 11.5 Å². The lowest BCUT2D eigenvalue weighted by Gasteiger charge is -2.38. The number of piperidine rings is 1. The van der Waals surface area contributed by atoms with Gasteiger partial charge in [-0.3, -0.25) is 4.90 Å². The second-order valence-electron chi connectivity index (χ2n) is 6.64. The summed E-state index contributed by atoms with van der Waals surface area (Å²) in [4.78, 5) is 6.98. The number of aliphatic hydroxyl groups excluding tert-OH is 1. The normalized spacial score (nSPS) is 24.3. The fraction of sp³-hybridized carbons (Fsp3) is 0.500. The Labute approximate surface area is 135 Å². The minimum atomic E-state index is -0.287.